The molecule has 0 aliphatic heterocycles. The van der Waals surface area contributed by atoms with Crippen LogP contribution < -0.4 is 14.8 Å². The highest BCUT2D eigenvalue weighted by molar-refractivity contribution is 7.87. The summed E-state index contributed by atoms with van der Waals surface area (Å²) >= 11 is 5.76. The highest BCUT2D eigenvalue weighted by Crippen LogP contribution is 2.28. The molecule has 2 N–H and O–H groups in total. The molecular formula is C24H17ClN4O7S. The lowest BCUT2D eigenvalue weighted by Crippen LogP contribution is -2.13. The minimum Gasteiger partial charge on any atom is -0.379 e. The van der Waals surface area contributed by atoms with Crippen molar-refractivity contribution >= 4 is 56.7 Å². The van der Waals surface area contributed by atoms with Gasteiger partial charge in [-0.3, -0.25) is 19.7 Å². The first-order chi connectivity index (χ1) is 17.5. The second kappa shape index (κ2) is 11.3. The molecule has 2 amide bonds. The van der Waals surface area contributed by atoms with Gasteiger partial charge in [-0.15, -0.1) is 0 Å². The van der Waals surface area contributed by atoms with Crippen molar-refractivity contribution in [2.45, 2.75) is 11.8 Å². The Bertz CT molecular complexity index is 1550. The van der Waals surface area contributed by atoms with Gasteiger partial charge >= 0.3 is 10.1 Å². The van der Waals surface area contributed by atoms with Crippen molar-refractivity contribution in [1.82, 2.24) is 0 Å². The molecule has 37 heavy (non-hydrogen) atoms. The van der Waals surface area contributed by atoms with E-state index in [4.69, 9.17) is 15.8 Å². The lowest BCUT2D eigenvalue weighted by molar-refractivity contribution is -0.384. The Labute approximate surface area is 216 Å². The van der Waals surface area contributed by atoms with E-state index >= 15 is 0 Å². The van der Waals surface area contributed by atoms with Crippen LogP contribution in [0.25, 0.3) is 6.08 Å². The van der Waals surface area contributed by atoms with Gasteiger partial charge in [-0.25, -0.2) is 0 Å². The van der Waals surface area contributed by atoms with E-state index in [0.29, 0.717) is 11.3 Å². The fraction of sp³-hybridized carbons (Fsp3) is 0.0417. The molecule has 0 saturated carbocycles. The molecule has 0 heterocycles. The van der Waals surface area contributed by atoms with Crippen molar-refractivity contribution < 1.29 is 27.1 Å². The molecule has 0 bridgehead atoms. The fourth-order valence-corrected chi connectivity index (χ4v) is 4.06. The number of nitriles is 1. The lowest BCUT2D eigenvalue weighted by atomic mass is 10.1. The van der Waals surface area contributed by atoms with Crippen LogP contribution in [0, 0.1) is 21.4 Å². The van der Waals surface area contributed by atoms with E-state index in [1.165, 1.54) is 73.7 Å². The average molecular weight is 541 g/mol. The fourth-order valence-electron chi connectivity index (χ4n) is 2.95. The maximum atomic E-state index is 12.5. The van der Waals surface area contributed by atoms with Gasteiger partial charge in [0.1, 0.15) is 27.3 Å². The van der Waals surface area contributed by atoms with Gasteiger partial charge in [-0.1, -0.05) is 23.7 Å². The monoisotopic (exact) mass is 540 g/mol. The van der Waals surface area contributed by atoms with Crippen molar-refractivity contribution in [3.63, 3.8) is 0 Å². The number of nitrogens with zero attached hydrogens (tertiary/aromatic N) is 2. The number of benzene rings is 3. The Hall–Kier alpha value is -4.73. The lowest BCUT2D eigenvalue weighted by Gasteiger charge is -2.08. The highest BCUT2D eigenvalue weighted by atomic mass is 35.5. The van der Waals surface area contributed by atoms with E-state index in [0.717, 1.165) is 6.07 Å². The minimum atomic E-state index is -4.16. The third-order valence-electron chi connectivity index (χ3n) is 4.63. The summed E-state index contributed by atoms with van der Waals surface area (Å²) in [5, 5.41) is 25.2. The summed E-state index contributed by atoms with van der Waals surface area (Å²) in [6, 6.07) is 16.3. The molecule has 0 saturated heterocycles. The Balaban J connectivity index is 1.72. The van der Waals surface area contributed by atoms with Gasteiger partial charge in [0.25, 0.3) is 11.6 Å². The maximum Gasteiger partial charge on any atom is 0.339 e. The zero-order chi connectivity index (χ0) is 27.2. The van der Waals surface area contributed by atoms with Crippen LogP contribution in [0.2, 0.25) is 5.02 Å². The zero-order valence-corrected chi connectivity index (χ0v) is 20.5. The standard InChI is InChI=1S/C24H17ClN4O7S/c1-15(30)27-18-4-9-21(10-5-18)37(34,35)36-20-7-2-16(3-8-20)12-17(14-26)24(31)28-19-6-11-22(25)23(13-19)29(32)33/h2-13H,1H3,(H,27,30)(H,28,31)/b17-12+. The molecule has 0 radical (unpaired) electrons. The molecule has 188 valence electrons. The van der Waals surface area contributed by atoms with Crippen LogP contribution in [0.5, 0.6) is 5.75 Å². The molecule has 0 atom stereocenters. The van der Waals surface area contributed by atoms with Crippen LogP contribution in [0.3, 0.4) is 0 Å². The number of carbonyl (C=O) groups is 2. The summed E-state index contributed by atoms with van der Waals surface area (Å²) < 4.78 is 30.2. The van der Waals surface area contributed by atoms with Gasteiger partial charge in [-0.2, -0.15) is 13.7 Å². The van der Waals surface area contributed by atoms with E-state index in [-0.39, 0.29) is 32.8 Å². The van der Waals surface area contributed by atoms with E-state index in [1.807, 2.05) is 0 Å². The number of hydrogen-bond acceptors (Lipinski definition) is 8. The number of carbonyl (C=O) groups excluding carboxylic acids is 2. The zero-order valence-electron chi connectivity index (χ0n) is 19.0. The first-order valence-electron chi connectivity index (χ1n) is 10.3. The van der Waals surface area contributed by atoms with E-state index in [1.54, 1.807) is 6.07 Å². The summed E-state index contributed by atoms with van der Waals surface area (Å²) in [6.07, 6.45) is 1.25. The molecule has 11 nitrogen and oxygen atoms in total. The first-order valence-corrected chi connectivity index (χ1v) is 12.1. The third-order valence-corrected chi connectivity index (χ3v) is 6.21. The van der Waals surface area contributed by atoms with E-state index in [9.17, 15) is 33.4 Å². The molecule has 3 aromatic rings. The number of hydrogen-bond donors (Lipinski definition) is 2. The number of anilines is 2. The van der Waals surface area contributed by atoms with Crippen LogP contribution in [0.15, 0.2) is 77.2 Å². The first kappa shape index (κ1) is 26.9. The number of rotatable bonds is 8. The SMILES string of the molecule is CC(=O)Nc1ccc(S(=O)(=O)Oc2ccc(/C=C(\C#N)C(=O)Nc3ccc(Cl)c([N+](=O)[O-])c3)cc2)cc1. The van der Waals surface area contributed by atoms with Crippen LogP contribution in [0.4, 0.5) is 17.1 Å². The van der Waals surface area contributed by atoms with Gasteiger partial charge in [0.2, 0.25) is 5.91 Å². The Morgan fingerprint density at radius 1 is 1.03 bits per heavy atom. The smallest absolute Gasteiger partial charge is 0.339 e. The second-order valence-electron chi connectivity index (χ2n) is 7.36. The highest BCUT2D eigenvalue weighted by Gasteiger charge is 2.18. The second-order valence-corrected chi connectivity index (χ2v) is 9.31. The number of nitrogens with one attached hydrogen (secondary N) is 2. The van der Waals surface area contributed by atoms with Gasteiger partial charge in [0.15, 0.2) is 0 Å². The predicted molar refractivity (Wildman–Crippen MR) is 135 cm³/mol. The molecular weight excluding hydrogens is 524 g/mol. The molecule has 0 aliphatic rings. The predicted octanol–water partition coefficient (Wildman–Crippen LogP) is 4.52. The Kier molecular flexibility index (Phi) is 8.23. The van der Waals surface area contributed by atoms with Crippen LogP contribution in [-0.2, 0) is 19.7 Å². The van der Waals surface area contributed by atoms with Crippen molar-refractivity contribution in [2.75, 3.05) is 10.6 Å². The summed E-state index contributed by atoms with van der Waals surface area (Å²) in [6.45, 7) is 1.33. The van der Waals surface area contributed by atoms with Crippen LogP contribution in [-0.4, -0.2) is 25.2 Å². The van der Waals surface area contributed by atoms with Crippen molar-refractivity contribution in [3.05, 3.63) is 93.0 Å². The summed E-state index contributed by atoms with van der Waals surface area (Å²) in [7, 11) is -4.16. The van der Waals surface area contributed by atoms with Gasteiger partial charge in [-0.05, 0) is 60.2 Å². The van der Waals surface area contributed by atoms with Gasteiger partial charge in [0, 0.05) is 24.4 Å². The largest absolute Gasteiger partial charge is 0.379 e. The van der Waals surface area contributed by atoms with E-state index < -0.39 is 26.6 Å². The van der Waals surface area contributed by atoms with E-state index in [2.05, 4.69) is 10.6 Å². The number of nitro groups is 1. The quantitative estimate of drug-likeness (QED) is 0.138. The van der Waals surface area contributed by atoms with Crippen LogP contribution >= 0.6 is 11.6 Å². The maximum absolute atomic E-state index is 12.5. The van der Waals surface area contributed by atoms with Crippen molar-refractivity contribution in [3.8, 4) is 11.8 Å². The molecule has 0 fully saturated rings. The summed E-state index contributed by atoms with van der Waals surface area (Å²) in [4.78, 5) is 33.8. The number of nitro benzene ring substituents is 1. The molecule has 3 aromatic carbocycles. The van der Waals surface area contributed by atoms with Crippen molar-refractivity contribution in [2.24, 2.45) is 0 Å². The number of halogens is 1. The summed E-state index contributed by atoms with van der Waals surface area (Å²) in [5.41, 5.74) is 0.169. The summed E-state index contributed by atoms with van der Waals surface area (Å²) in [5.74, 6) is -1.13. The number of amides is 2. The van der Waals surface area contributed by atoms with Gasteiger partial charge in [0.05, 0.1) is 4.92 Å². The molecule has 0 spiro atoms. The molecule has 0 aromatic heterocycles. The third kappa shape index (κ3) is 7.14. The molecule has 0 unspecified atom stereocenters. The van der Waals surface area contributed by atoms with Crippen LogP contribution in [0.1, 0.15) is 12.5 Å². The minimum absolute atomic E-state index is 0.0143. The topological polar surface area (TPSA) is 168 Å². The van der Waals surface area contributed by atoms with Gasteiger partial charge < -0.3 is 14.8 Å². The van der Waals surface area contributed by atoms with Crippen molar-refractivity contribution in [1.29, 1.82) is 5.26 Å². The molecule has 0 aliphatic carbocycles. The molecule has 3 rings (SSSR count). The normalized spacial score (nSPS) is 11.2. The Morgan fingerprint density at radius 2 is 1.65 bits per heavy atom. The Morgan fingerprint density at radius 3 is 2.22 bits per heavy atom. The average Bonchev–Trinajstić information content (AvgIpc) is 2.84. The molecule has 13 heteroatoms.